The highest BCUT2D eigenvalue weighted by atomic mass is 15.1. The summed E-state index contributed by atoms with van der Waals surface area (Å²) < 4.78 is 0. The van der Waals surface area contributed by atoms with E-state index in [-0.39, 0.29) is 0 Å². The molecule has 1 N–H and O–H groups in total. The second-order valence-corrected chi connectivity index (χ2v) is 3.01. The van der Waals surface area contributed by atoms with Crippen LogP contribution in [0, 0.1) is 0 Å². The largest absolute Gasteiger partial charge is 0.317 e. The van der Waals surface area contributed by atoms with Gasteiger partial charge in [-0.2, -0.15) is 0 Å². The van der Waals surface area contributed by atoms with E-state index < -0.39 is 0 Å². The second-order valence-electron chi connectivity index (χ2n) is 3.01. The fourth-order valence-corrected chi connectivity index (χ4v) is 1.06. The van der Waals surface area contributed by atoms with Gasteiger partial charge in [0.1, 0.15) is 0 Å². The van der Waals surface area contributed by atoms with Gasteiger partial charge in [-0.15, -0.1) is 0 Å². The first-order valence-electron chi connectivity index (χ1n) is 4.64. The van der Waals surface area contributed by atoms with Gasteiger partial charge in [0.05, 0.1) is 0 Å². The maximum atomic E-state index is 3.24. The number of hydrogen-bond acceptors (Lipinski definition) is 2. The Kier molecular flexibility index (Phi) is 6.57. The van der Waals surface area contributed by atoms with E-state index in [1.54, 1.807) is 0 Å². The molecule has 0 aromatic carbocycles. The number of rotatable bonds is 6. The van der Waals surface area contributed by atoms with E-state index in [0.717, 1.165) is 0 Å². The van der Waals surface area contributed by atoms with E-state index in [4.69, 9.17) is 0 Å². The highest BCUT2D eigenvalue weighted by Gasteiger charge is 2.01. The van der Waals surface area contributed by atoms with Gasteiger partial charge in [-0.25, -0.2) is 0 Å². The van der Waals surface area contributed by atoms with Crippen LogP contribution in [0.2, 0.25) is 0 Å². The molecular formula is C9H22N2. The Hall–Kier alpha value is -0.0800. The van der Waals surface area contributed by atoms with Gasteiger partial charge in [0.25, 0.3) is 0 Å². The summed E-state index contributed by atoms with van der Waals surface area (Å²) in [5.74, 6) is 0. The van der Waals surface area contributed by atoms with Gasteiger partial charge in [0, 0.05) is 6.04 Å². The lowest BCUT2D eigenvalue weighted by atomic mass is 10.2. The first kappa shape index (κ1) is 10.9. The van der Waals surface area contributed by atoms with Crippen molar-refractivity contribution in [3.8, 4) is 0 Å². The van der Waals surface area contributed by atoms with Gasteiger partial charge in [-0.3, -0.25) is 0 Å². The topological polar surface area (TPSA) is 15.3 Å². The molecule has 0 fully saturated rings. The SMILES string of the molecule is CCN(CC)CCC(C)NC. The monoisotopic (exact) mass is 158 g/mol. The van der Waals surface area contributed by atoms with Crippen molar-refractivity contribution in [3.05, 3.63) is 0 Å². The van der Waals surface area contributed by atoms with E-state index >= 15 is 0 Å². The molecule has 1 atom stereocenters. The summed E-state index contributed by atoms with van der Waals surface area (Å²) >= 11 is 0. The lowest BCUT2D eigenvalue weighted by Gasteiger charge is -2.20. The molecule has 11 heavy (non-hydrogen) atoms. The van der Waals surface area contributed by atoms with Crippen LogP contribution in [0.25, 0.3) is 0 Å². The van der Waals surface area contributed by atoms with Crippen LogP contribution in [0.4, 0.5) is 0 Å². The zero-order chi connectivity index (χ0) is 8.69. The molecule has 0 rings (SSSR count). The van der Waals surface area contributed by atoms with Gasteiger partial charge < -0.3 is 10.2 Å². The van der Waals surface area contributed by atoms with Crippen LogP contribution >= 0.6 is 0 Å². The maximum Gasteiger partial charge on any atom is 0.00479 e. The molecule has 0 bridgehead atoms. The highest BCUT2D eigenvalue weighted by molar-refractivity contribution is 4.60. The van der Waals surface area contributed by atoms with Gasteiger partial charge in [0.15, 0.2) is 0 Å². The van der Waals surface area contributed by atoms with E-state index in [0.29, 0.717) is 6.04 Å². The van der Waals surface area contributed by atoms with Crippen LogP contribution in [0.5, 0.6) is 0 Å². The third kappa shape index (κ3) is 5.22. The summed E-state index contributed by atoms with van der Waals surface area (Å²) in [5, 5.41) is 3.24. The zero-order valence-corrected chi connectivity index (χ0v) is 8.35. The van der Waals surface area contributed by atoms with Gasteiger partial charge in [-0.1, -0.05) is 13.8 Å². The normalized spacial score (nSPS) is 13.9. The molecule has 0 aliphatic heterocycles. The average molecular weight is 158 g/mol. The van der Waals surface area contributed by atoms with Crippen molar-refractivity contribution in [1.29, 1.82) is 0 Å². The minimum Gasteiger partial charge on any atom is -0.317 e. The van der Waals surface area contributed by atoms with Crippen LogP contribution < -0.4 is 5.32 Å². The molecule has 0 aromatic rings. The molecule has 0 aliphatic carbocycles. The Balaban J connectivity index is 3.34. The fraction of sp³-hybridized carbons (Fsp3) is 1.00. The molecule has 0 saturated carbocycles. The third-order valence-electron chi connectivity index (χ3n) is 2.27. The summed E-state index contributed by atoms with van der Waals surface area (Å²) in [7, 11) is 2.02. The number of hydrogen-bond donors (Lipinski definition) is 1. The lowest BCUT2D eigenvalue weighted by molar-refractivity contribution is 0.287. The Morgan fingerprint density at radius 2 is 1.82 bits per heavy atom. The summed E-state index contributed by atoms with van der Waals surface area (Å²) in [5.41, 5.74) is 0. The molecule has 1 unspecified atom stereocenters. The van der Waals surface area contributed by atoms with Crippen molar-refractivity contribution in [2.75, 3.05) is 26.7 Å². The molecule has 0 spiro atoms. The summed E-state index contributed by atoms with van der Waals surface area (Å²) in [6.07, 6.45) is 1.25. The number of nitrogens with one attached hydrogen (secondary N) is 1. The molecule has 0 saturated heterocycles. The van der Waals surface area contributed by atoms with Crippen molar-refractivity contribution in [3.63, 3.8) is 0 Å². The minimum absolute atomic E-state index is 0.649. The summed E-state index contributed by atoms with van der Waals surface area (Å²) in [4.78, 5) is 2.45. The van der Waals surface area contributed by atoms with Crippen molar-refractivity contribution in [2.45, 2.75) is 33.2 Å². The average Bonchev–Trinajstić information content (AvgIpc) is 2.06. The molecule has 0 aliphatic rings. The van der Waals surface area contributed by atoms with Gasteiger partial charge in [-0.05, 0) is 40.0 Å². The predicted molar refractivity (Wildman–Crippen MR) is 50.9 cm³/mol. The van der Waals surface area contributed by atoms with Crippen LogP contribution in [0.1, 0.15) is 27.2 Å². The Labute approximate surface area is 71.0 Å². The Morgan fingerprint density at radius 1 is 1.27 bits per heavy atom. The molecule has 2 nitrogen and oxygen atoms in total. The molecule has 0 aromatic heterocycles. The molecule has 0 heterocycles. The lowest BCUT2D eigenvalue weighted by Crippen LogP contribution is -2.30. The molecular weight excluding hydrogens is 136 g/mol. The van der Waals surface area contributed by atoms with E-state index in [9.17, 15) is 0 Å². The molecule has 2 heteroatoms. The maximum absolute atomic E-state index is 3.24. The molecule has 0 amide bonds. The Morgan fingerprint density at radius 3 is 2.18 bits per heavy atom. The van der Waals surface area contributed by atoms with Crippen molar-refractivity contribution in [1.82, 2.24) is 10.2 Å². The van der Waals surface area contributed by atoms with Crippen LogP contribution in [0.3, 0.4) is 0 Å². The first-order valence-corrected chi connectivity index (χ1v) is 4.64. The van der Waals surface area contributed by atoms with Gasteiger partial charge in [0.2, 0.25) is 0 Å². The summed E-state index contributed by atoms with van der Waals surface area (Å²) in [6, 6.07) is 0.649. The van der Waals surface area contributed by atoms with E-state index in [2.05, 4.69) is 31.0 Å². The zero-order valence-electron chi connectivity index (χ0n) is 8.35. The first-order chi connectivity index (χ1) is 5.24. The van der Waals surface area contributed by atoms with E-state index in [1.165, 1.54) is 26.1 Å². The van der Waals surface area contributed by atoms with Crippen LogP contribution in [-0.4, -0.2) is 37.6 Å². The highest BCUT2D eigenvalue weighted by Crippen LogP contribution is 1.94. The molecule has 68 valence electrons. The minimum atomic E-state index is 0.649. The molecule has 0 radical (unpaired) electrons. The van der Waals surface area contributed by atoms with Crippen LogP contribution in [0.15, 0.2) is 0 Å². The predicted octanol–water partition coefficient (Wildman–Crippen LogP) is 1.33. The van der Waals surface area contributed by atoms with Crippen molar-refractivity contribution < 1.29 is 0 Å². The van der Waals surface area contributed by atoms with Crippen molar-refractivity contribution in [2.24, 2.45) is 0 Å². The third-order valence-corrected chi connectivity index (χ3v) is 2.27. The van der Waals surface area contributed by atoms with Crippen molar-refractivity contribution >= 4 is 0 Å². The second kappa shape index (κ2) is 6.62. The van der Waals surface area contributed by atoms with Gasteiger partial charge >= 0.3 is 0 Å². The van der Waals surface area contributed by atoms with E-state index in [1.807, 2.05) is 7.05 Å². The Bertz CT molecular complexity index is 79.6. The summed E-state index contributed by atoms with van der Waals surface area (Å²) in [6.45, 7) is 10.2. The quantitative estimate of drug-likeness (QED) is 0.627. The smallest absolute Gasteiger partial charge is 0.00479 e. The number of nitrogens with zero attached hydrogens (tertiary/aromatic N) is 1. The van der Waals surface area contributed by atoms with Crippen LogP contribution in [-0.2, 0) is 0 Å². The fourth-order valence-electron chi connectivity index (χ4n) is 1.06. The standard InChI is InChI=1S/C9H22N2/c1-5-11(6-2)8-7-9(3)10-4/h9-10H,5-8H2,1-4H3.